The predicted molar refractivity (Wildman–Crippen MR) is 90.3 cm³/mol. The second-order valence-corrected chi connectivity index (χ2v) is 6.26. The molecule has 23 heavy (non-hydrogen) atoms. The zero-order valence-corrected chi connectivity index (χ0v) is 13.6. The van der Waals surface area contributed by atoms with Gasteiger partial charge in [0.15, 0.2) is 0 Å². The molecule has 1 N–H and O–H groups in total. The molecular weight excluding hydrogens is 288 g/mol. The summed E-state index contributed by atoms with van der Waals surface area (Å²) in [5.74, 6) is 0.0468. The van der Waals surface area contributed by atoms with Crippen LogP contribution in [0.1, 0.15) is 28.8 Å². The van der Waals surface area contributed by atoms with Gasteiger partial charge in [0.25, 0.3) is 5.91 Å². The Balaban J connectivity index is 1.43. The third kappa shape index (κ3) is 4.42. The maximum absolute atomic E-state index is 12.3. The van der Waals surface area contributed by atoms with Crippen molar-refractivity contribution >= 4 is 5.91 Å². The van der Waals surface area contributed by atoms with Crippen molar-refractivity contribution in [2.45, 2.75) is 32.4 Å². The molecule has 1 fully saturated rings. The van der Waals surface area contributed by atoms with Gasteiger partial charge in [0.1, 0.15) is 0 Å². The quantitative estimate of drug-likeness (QED) is 0.920. The highest BCUT2D eigenvalue weighted by atomic mass is 16.1. The zero-order chi connectivity index (χ0) is 16.1. The number of carbonyl (C=O) groups is 1. The Bertz CT molecular complexity index is 630. The minimum atomic E-state index is 0.0468. The summed E-state index contributed by atoms with van der Waals surface area (Å²) in [5.41, 5.74) is 1.87. The van der Waals surface area contributed by atoms with Crippen LogP contribution in [0.2, 0.25) is 0 Å². The van der Waals surface area contributed by atoms with Crippen molar-refractivity contribution in [3.8, 4) is 0 Å². The van der Waals surface area contributed by atoms with Gasteiger partial charge in [0.2, 0.25) is 0 Å². The lowest BCUT2D eigenvalue weighted by Gasteiger charge is -2.32. The van der Waals surface area contributed by atoms with E-state index in [1.807, 2.05) is 49.9 Å². The molecule has 2 aromatic rings. The first-order chi connectivity index (χ1) is 11.2. The summed E-state index contributed by atoms with van der Waals surface area (Å²) in [6.45, 7) is 6.09. The van der Waals surface area contributed by atoms with E-state index in [4.69, 9.17) is 0 Å². The molecular formula is C18H24N4O. The standard InChI is InChI=1S/C18H24N4O/c1-15-3-2-4-16(13-15)18(23)20-17-5-8-21(9-6-17)11-12-22-10-7-19-14-22/h2-4,7,10,13-14,17H,5-6,8-9,11-12H2,1H3,(H,20,23). The third-order valence-corrected chi connectivity index (χ3v) is 4.44. The highest BCUT2D eigenvalue weighted by Gasteiger charge is 2.20. The van der Waals surface area contributed by atoms with Crippen molar-refractivity contribution in [3.05, 3.63) is 54.1 Å². The molecule has 5 nitrogen and oxygen atoms in total. The van der Waals surface area contributed by atoms with E-state index in [0.717, 1.165) is 50.1 Å². The van der Waals surface area contributed by atoms with Crippen LogP contribution in [-0.2, 0) is 6.54 Å². The van der Waals surface area contributed by atoms with E-state index in [9.17, 15) is 4.79 Å². The van der Waals surface area contributed by atoms with Gasteiger partial charge in [-0.25, -0.2) is 4.98 Å². The predicted octanol–water partition coefficient (Wildman–Crippen LogP) is 2.09. The first kappa shape index (κ1) is 15.7. The van der Waals surface area contributed by atoms with Crippen molar-refractivity contribution in [1.82, 2.24) is 19.8 Å². The number of likely N-dealkylation sites (tertiary alicyclic amines) is 1. The Morgan fingerprint density at radius 2 is 2.13 bits per heavy atom. The summed E-state index contributed by atoms with van der Waals surface area (Å²) in [4.78, 5) is 18.8. The minimum absolute atomic E-state index is 0.0468. The summed E-state index contributed by atoms with van der Waals surface area (Å²) < 4.78 is 2.10. The van der Waals surface area contributed by atoms with Crippen LogP contribution in [0.15, 0.2) is 43.0 Å². The molecule has 1 aromatic carbocycles. The highest BCUT2D eigenvalue weighted by Crippen LogP contribution is 2.12. The van der Waals surface area contributed by atoms with Crippen molar-refractivity contribution in [3.63, 3.8) is 0 Å². The van der Waals surface area contributed by atoms with Crippen LogP contribution in [0.25, 0.3) is 0 Å². The minimum Gasteiger partial charge on any atom is -0.349 e. The molecule has 2 heterocycles. The molecule has 1 aromatic heterocycles. The number of nitrogens with zero attached hydrogens (tertiary/aromatic N) is 3. The van der Waals surface area contributed by atoms with E-state index in [2.05, 4.69) is 19.8 Å². The fourth-order valence-electron chi connectivity index (χ4n) is 3.03. The zero-order valence-electron chi connectivity index (χ0n) is 13.6. The SMILES string of the molecule is Cc1cccc(C(=O)NC2CCN(CCn3ccnc3)CC2)c1. The van der Waals surface area contributed by atoms with Crippen molar-refractivity contribution < 1.29 is 4.79 Å². The number of rotatable bonds is 5. The smallest absolute Gasteiger partial charge is 0.251 e. The number of nitrogens with one attached hydrogen (secondary N) is 1. The number of aromatic nitrogens is 2. The Kier molecular flexibility index (Phi) is 5.08. The number of benzene rings is 1. The Labute approximate surface area is 137 Å². The van der Waals surface area contributed by atoms with Gasteiger partial charge in [0, 0.05) is 50.2 Å². The number of aryl methyl sites for hydroxylation is 1. The number of hydrogen-bond donors (Lipinski definition) is 1. The van der Waals surface area contributed by atoms with Gasteiger partial charge in [-0.1, -0.05) is 17.7 Å². The summed E-state index contributed by atoms with van der Waals surface area (Å²) >= 11 is 0. The molecule has 0 aliphatic carbocycles. The molecule has 0 bridgehead atoms. The molecule has 0 saturated carbocycles. The fourth-order valence-corrected chi connectivity index (χ4v) is 3.03. The van der Waals surface area contributed by atoms with Crippen molar-refractivity contribution in [2.75, 3.05) is 19.6 Å². The Morgan fingerprint density at radius 3 is 2.83 bits per heavy atom. The molecule has 122 valence electrons. The molecule has 0 spiro atoms. The molecule has 0 unspecified atom stereocenters. The van der Waals surface area contributed by atoms with Gasteiger partial charge in [-0.15, -0.1) is 0 Å². The van der Waals surface area contributed by atoms with E-state index >= 15 is 0 Å². The fraction of sp³-hybridized carbons (Fsp3) is 0.444. The van der Waals surface area contributed by atoms with Gasteiger partial charge in [0.05, 0.1) is 6.33 Å². The average Bonchev–Trinajstić information content (AvgIpc) is 3.08. The number of piperidine rings is 1. The van der Waals surface area contributed by atoms with E-state index in [-0.39, 0.29) is 11.9 Å². The maximum Gasteiger partial charge on any atom is 0.251 e. The second-order valence-electron chi connectivity index (χ2n) is 6.26. The van der Waals surface area contributed by atoms with Crippen LogP contribution in [0.4, 0.5) is 0 Å². The normalized spacial score (nSPS) is 16.4. The third-order valence-electron chi connectivity index (χ3n) is 4.44. The number of carbonyl (C=O) groups excluding carboxylic acids is 1. The first-order valence-corrected chi connectivity index (χ1v) is 8.26. The molecule has 1 amide bonds. The monoisotopic (exact) mass is 312 g/mol. The van der Waals surface area contributed by atoms with Gasteiger partial charge >= 0.3 is 0 Å². The average molecular weight is 312 g/mol. The van der Waals surface area contributed by atoms with Crippen LogP contribution in [0.5, 0.6) is 0 Å². The Hall–Kier alpha value is -2.14. The number of imidazole rings is 1. The summed E-state index contributed by atoms with van der Waals surface area (Å²) in [7, 11) is 0. The van der Waals surface area contributed by atoms with Gasteiger partial charge < -0.3 is 14.8 Å². The van der Waals surface area contributed by atoms with Crippen LogP contribution < -0.4 is 5.32 Å². The molecule has 5 heteroatoms. The maximum atomic E-state index is 12.3. The summed E-state index contributed by atoms with van der Waals surface area (Å²) in [6, 6.07) is 8.05. The summed E-state index contributed by atoms with van der Waals surface area (Å²) in [6.07, 6.45) is 7.69. The van der Waals surface area contributed by atoms with Crippen LogP contribution in [0.3, 0.4) is 0 Å². The number of amides is 1. The van der Waals surface area contributed by atoms with Crippen molar-refractivity contribution in [1.29, 1.82) is 0 Å². The molecule has 0 radical (unpaired) electrons. The number of hydrogen-bond acceptors (Lipinski definition) is 3. The van der Waals surface area contributed by atoms with Crippen molar-refractivity contribution in [2.24, 2.45) is 0 Å². The van der Waals surface area contributed by atoms with Crippen LogP contribution in [-0.4, -0.2) is 46.0 Å². The molecule has 1 aliphatic rings. The lowest BCUT2D eigenvalue weighted by molar-refractivity contribution is 0.0910. The lowest BCUT2D eigenvalue weighted by Crippen LogP contribution is -2.45. The topological polar surface area (TPSA) is 50.2 Å². The second kappa shape index (κ2) is 7.42. The largest absolute Gasteiger partial charge is 0.349 e. The highest BCUT2D eigenvalue weighted by molar-refractivity contribution is 5.94. The van der Waals surface area contributed by atoms with E-state index in [0.29, 0.717) is 0 Å². The van der Waals surface area contributed by atoms with Crippen LogP contribution >= 0.6 is 0 Å². The first-order valence-electron chi connectivity index (χ1n) is 8.26. The van der Waals surface area contributed by atoms with E-state index < -0.39 is 0 Å². The lowest BCUT2D eigenvalue weighted by atomic mass is 10.0. The van der Waals surface area contributed by atoms with Gasteiger partial charge in [-0.2, -0.15) is 0 Å². The van der Waals surface area contributed by atoms with E-state index in [1.165, 1.54) is 0 Å². The molecule has 0 atom stereocenters. The van der Waals surface area contributed by atoms with Crippen LogP contribution in [0, 0.1) is 6.92 Å². The van der Waals surface area contributed by atoms with Gasteiger partial charge in [-0.05, 0) is 31.9 Å². The molecule has 3 rings (SSSR count). The molecule has 1 saturated heterocycles. The molecule has 1 aliphatic heterocycles. The van der Waals surface area contributed by atoms with Gasteiger partial charge in [-0.3, -0.25) is 4.79 Å². The Morgan fingerprint density at radius 1 is 1.30 bits per heavy atom. The summed E-state index contributed by atoms with van der Waals surface area (Å²) in [5, 5.41) is 3.17. The van der Waals surface area contributed by atoms with E-state index in [1.54, 1.807) is 0 Å².